The fraction of sp³-hybridized carbons (Fsp3) is 0. The minimum Gasteiger partial charge on any atom is -0.504 e. The molecule has 0 fully saturated rings. The number of nitrogens with zero attached hydrogens (tertiary/aromatic N) is 1. The number of phenols is 3. The number of phenolic OH excluding ortho intramolecular Hbond substituents is 3. The van der Waals surface area contributed by atoms with E-state index < -0.39 is 23.2 Å². The van der Waals surface area contributed by atoms with Crippen molar-refractivity contribution >= 4 is 28.1 Å². The van der Waals surface area contributed by atoms with Gasteiger partial charge >= 0.3 is 0 Å². The molecule has 1 amide bonds. The number of nitrogens with one attached hydrogen (secondary N) is 1. The highest BCUT2D eigenvalue weighted by Crippen LogP contribution is 2.35. The number of rotatable bonds is 3. The second-order valence-electron chi connectivity index (χ2n) is 4.12. The normalized spacial score (nSPS) is 10.7. The van der Waals surface area contributed by atoms with Gasteiger partial charge in [-0.3, -0.25) is 4.79 Å². The SMILES string of the molecule is O=C(NN=Cc1cccc(Br)c1)c1cc(O)c(O)c(O)c1. The number of hydrogen-bond donors (Lipinski definition) is 4. The van der Waals surface area contributed by atoms with Gasteiger partial charge in [0.05, 0.1) is 6.21 Å². The van der Waals surface area contributed by atoms with E-state index in [1.54, 1.807) is 6.07 Å². The van der Waals surface area contributed by atoms with Gasteiger partial charge < -0.3 is 15.3 Å². The maximum Gasteiger partial charge on any atom is 0.271 e. The fourth-order valence-corrected chi connectivity index (χ4v) is 1.97. The van der Waals surface area contributed by atoms with Crippen LogP contribution in [0.15, 0.2) is 46.0 Å². The van der Waals surface area contributed by atoms with Crippen molar-refractivity contribution in [2.75, 3.05) is 0 Å². The number of halogens is 1. The fourth-order valence-electron chi connectivity index (χ4n) is 1.55. The van der Waals surface area contributed by atoms with E-state index in [1.807, 2.05) is 18.2 Å². The van der Waals surface area contributed by atoms with Crippen LogP contribution in [0.4, 0.5) is 0 Å². The van der Waals surface area contributed by atoms with Crippen LogP contribution >= 0.6 is 15.9 Å². The number of amides is 1. The molecular formula is C14H11BrN2O4. The van der Waals surface area contributed by atoms with E-state index in [0.29, 0.717) is 0 Å². The summed E-state index contributed by atoms with van der Waals surface area (Å²) in [4.78, 5) is 11.8. The molecule has 0 heterocycles. The molecule has 0 radical (unpaired) electrons. The van der Waals surface area contributed by atoms with Gasteiger partial charge in [-0.1, -0.05) is 28.1 Å². The van der Waals surface area contributed by atoms with E-state index in [2.05, 4.69) is 26.5 Å². The van der Waals surface area contributed by atoms with Gasteiger partial charge in [-0.05, 0) is 29.8 Å². The number of aromatic hydroxyl groups is 3. The molecule has 2 aromatic carbocycles. The van der Waals surface area contributed by atoms with Crippen LogP contribution in [0.1, 0.15) is 15.9 Å². The Bertz CT molecular complexity index is 693. The quantitative estimate of drug-likeness (QED) is 0.387. The molecule has 0 bridgehead atoms. The lowest BCUT2D eigenvalue weighted by Gasteiger charge is -2.04. The minimum absolute atomic E-state index is 0.0332. The highest BCUT2D eigenvalue weighted by Gasteiger charge is 2.12. The van der Waals surface area contributed by atoms with Crippen molar-refractivity contribution in [2.45, 2.75) is 0 Å². The zero-order chi connectivity index (χ0) is 15.4. The third-order valence-corrected chi connectivity index (χ3v) is 3.05. The molecule has 2 rings (SSSR count). The van der Waals surface area contributed by atoms with Crippen molar-refractivity contribution in [3.8, 4) is 17.2 Å². The summed E-state index contributed by atoms with van der Waals surface area (Å²) in [5.41, 5.74) is 3.00. The molecule has 0 aromatic heterocycles. The first-order valence-corrected chi connectivity index (χ1v) is 6.60. The summed E-state index contributed by atoms with van der Waals surface area (Å²) >= 11 is 3.31. The van der Waals surface area contributed by atoms with Crippen molar-refractivity contribution in [1.82, 2.24) is 5.43 Å². The highest BCUT2D eigenvalue weighted by atomic mass is 79.9. The monoisotopic (exact) mass is 350 g/mol. The molecule has 4 N–H and O–H groups in total. The molecule has 7 heteroatoms. The van der Waals surface area contributed by atoms with Gasteiger partial charge in [0.1, 0.15) is 0 Å². The van der Waals surface area contributed by atoms with Crippen LogP contribution in [0.2, 0.25) is 0 Å². The third-order valence-electron chi connectivity index (χ3n) is 2.56. The van der Waals surface area contributed by atoms with Gasteiger partial charge in [0.15, 0.2) is 17.2 Å². The van der Waals surface area contributed by atoms with E-state index in [4.69, 9.17) is 0 Å². The summed E-state index contributed by atoms with van der Waals surface area (Å²) < 4.78 is 0.881. The predicted octanol–water partition coefficient (Wildman–Crippen LogP) is 2.33. The van der Waals surface area contributed by atoms with Crippen LogP contribution in [0.5, 0.6) is 17.2 Å². The molecule has 0 unspecified atom stereocenters. The second-order valence-corrected chi connectivity index (χ2v) is 5.03. The molecule has 0 saturated carbocycles. The molecular weight excluding hydrogens is 340 g/mol. The summed E-state index contributed by atoms with van der Waals surface area (Å²) in [6, 6.07) is 9.35. The van der Waals surface area contributed by atoms with Gasteiger partial charge in [0.25, 0.3) is 5.91 Å². The largest absolute Gasteiger partial charge is 0.504 e. The zero-order valence-electron chi connectivity index (χ0n) is 10.6. The number of hydrazone groups is 1. The summed E-state index contributed by atoms with van der Waals surface area (Å²) in [7, 11) is 0. The zero-order valence-corrected chi connectivity index (χ0v) is 12.2. The number of hydrogen-bond acceptors (Lipinski definition) is 5. The average Bonchev–Trinajstić information content (AvgIpc) is 2.44. The average molecular weight is 351 g/mol. The Labute approximate surface area is 128 Å². The van der Waals surface area contributed by atoms with Gasteiger partial charge in [-0.15, -0.1) is 0 Å². The molecule has 0 aliphatic carbocycles. The molecule has 21 heavy (non-hydrogen) atoms. The number of carbonyl (C=O) groups is 1. The first kappa shape index (κ1) is 14.9. The molecule has 0 saturated heterocycles. The van der Waals surface area contributed by atoms with Gasteiger partial charge in [-0.25, -0.2) is 5.43 Å². The molecule has 2 aromatic rings. The van der Waals surface area contributed by atoms with Crippen LogP contribution in [0.25, 0.3) is 0 Å². The third kappa shape index (κ3) is 3.73. The summed E-state index contributed by atoms with van der Waals surface area (Å²) in [5, 5.41) is 31.6. The van der Waals surface area contributed by atoms with Crippen LogP contribution in [0, 0.1) is 0 Å². The maximum atomic E-state index is 11.8. The molecule has 0 atom stereocenters. The topological polar surface area (TPSA) is 102 Å². The number of benzene rings is 2. The summed E-state index contributed by atoms with van der Waals surface area (Å²) in [6.45, 7) is 0. The Hall–Kier alpha value is -2.54. The van der Waals surface area contributed by atoms with Crippen molar-refractivity contribution in [3.63, 3.8) is 0 Å². The Kier molecular flexibility index (Phi) is 4.44. The number of carbonyl (C=O) groups excluding carboxylic acids is 1. The van der Waals surface area contributed by atoms with Crippen LogP contribution < -0.4 is 5.43 Å². The Balaban J connectivity index is 2.08. The molecule has 108 valence electrons. The van der Waals surface area contributed by atoms with Gasteiger partial charge in [0, 0.05) is 10.0 Å². The van der Waals surface area contributed by atoms with Crippen molar-refractivity contribution in [3.05, 3.63) is 52.0 Å². The Morgan fingerprint density at radius 2 is 1.81 bits per heavy atom. The maximum absolute atomic E-state index is 11.8. The van der Waals surface area contributed by atoms with E-state index in [9.17, 15) is 20.1 Å². The summed E-state index contributed by atoms with van der Waals surface area (Å²) in [6.07, 6.45) is 1.45. The lowest BCUT2D eigenvalue weighted by atomic mass is 10.2. The molecule has 0 aliphatic rings. The second kappa shape index (κ2) is 6.27. The van der Waals surface area contributed by atoms with Gasteiger partial charge in [-0.2, -0.15) is 5.10 Å². The predicted molar refractivity (Wildman–Crippen MR) is 80.6 cm³/mol. The molecule has 0 spiro atoms. The van der Waals surface area contributed by atoms with Crippen molar-refractivity contribution in [1.29, 1.82) is 0 Å². The van der Waals surface area contributed by atoms with Crippen LogP contribution in [-0.2, 0) is 0 Å². The van der Waals surface area contributed by atoms with Crippen molar-refractivity contribution < 1.29 is 20.1 Å². The minimum atomic E-state index is -0.677. The van der Waals surface area contributed by atoms with E-state index in [-0.39, 0.29) is 5.56 Å². The van der Waals surface area contributed by atoms with Gasteiger partial charge in [0.2, 0.25) is 0 Å². The van der Waals surface area contributed by atoms with Crippen LogP contribution in [0.3, 0.4) is 0 Å². The van der Waals surface area contributed by atoms with E-state index >= 15 is 0 Å². The van der Waals surface area contributed by atoms with E-state index in [0.717, 1.165) is 22.2 Å². The standard InChI is InChI=1S/C14H11BrN2O4/c15-10-3-1-2-8(4-10)7-16-17-14(21)9-5-11(18)13(20)12(19)6-9/h1-7,18-20H,(H,17,21). The lowest BCUT2D eigenvalue weighted by molar-refractivity contribution is 0.0954. The Morgan fingerprint density at radius 3 is 2.43 bits per heavy atom. The first-order chi connectivity index (χ1) is 9.97. The molecule has 0 aliphatic heterocycles. The van der Waals surface area contributed by atoms with Crippen molar-refractivity contribution in [2.24, 2.45) is 5.10 Å². The molecule has 6 nitrogen and oxygen atoms in total. The Morgan fingerprint density at radius 1 is 1.14 bits per heavy atom. The van der Waals surface area contributed by atoms with E-state index in [1.165, 1.54) is 6.21 Å². The lowest BCUT2D eigenvalue weighted by Crippen LogP contribution is -2.17. The highest BCUT2D eigenvalue weighted by molar-refractivity contribution is 9.10. The smallest absolute Gasteiger partial charge is 0.271 e. The first-order valence-electron chi connectivity index (χ1n) is 5.81. The van der Waals surface area contributed by atoms with Crippen LogP contribution in [-0.4, -0.2) is 27.4 Å². The summed E-state index contributed by atoms with van der Waals surface area (Å²) in [5.74, 6) is -2.48.